The van der Waals surface area contributed by atoms with E-state index in [1.165, 1.54) is 0 Å². The monoisotopic (exact) mass is 259 g/mol. The topological polar surface area (TPSA) is 42.1 Å². The summed E-state index contributed by atoms with van der Waals surface area (Å²) < 4.78 is 0. The van der Waals surface area contributed by atoms with Crippen LogP contribution in [0.15, 0.2) is 12.1 Å². The molecule has 1 saturated heterocycles. The number of likely N-dealkylation sites (tertiary alicyclic amines) is 1. The van der Waals surface area contributed by atoms with Crippen molar-refractivity contribution in [3.8, 4) is 0 Å². The predicted octanol–water partition coefficient (Wildman–Crippen LogP) is 2.31. The normalized spacial score (nSPS) is 22.3. The van der Waals surface area contributed by atoms with Gasteiger partial charge in [-0.2, -0.15) is 0 Å². The highest BCUT2D eigenvalue weighted by Crippen LogP contribution is 2.20. The minimum Gasteiger partial charge on any atom is -0.327 e. The Hall–Kier alpha value is -0.350. The third-order valence-corrected chi connectivity index (χ3v) is 3.37. The van der Waals surface area contributed by atoms with E-state index in [0.29, 0.717) is 10.3 Å². The average Bonchev–Trinajstić information content (AvgIpc) is 2.22. The van der Waals surface area contributed by atoms with Gasteiger partial charge in [0.05, 0.1) is 0 Å². The van der Waals surface area contributed by atoms with Gasteiger partial charge < -0.3 is 5.73 Å². The van der Waals surface area contributed by atoms with E-state index >= 15 is 0 Å². The van der Waals surface area contributed by atoms with Crippen molar-refractivity contribution in [3.63, 3.8) is 0 Å². The first kappa shape index (κ1) is 12.1. The summed E-state index contributed by atoms with van der Waals surface area (Å²) in [6, 6.07) is 3.98. The summed E-state index contributed by atoms with van der Waals surface area (Å²) in [5, 5.41) is 0.927. The Morgan fingerprint density at radius 1 is 1.44 bits per heavy atom. The lowest BCUT2D eigenvalue weighted by molar-refractivity contribution is 0.201. The molecule has 0 saturated carbocycles. The maximum Gasteiger partial charge on any atom is 0.135 e. The minimum absolute atomic E-state index is 0.285. The molecule has 5 heteroatoms. The number of rotatable bonds is 2. The molecule has 2 heterocycles. The molecule has 2 rings (SSSR count). The fourth-order valence-corrected chi connectivity index (χ4v) is 2.44. The molecule has 0 unspecified atom stereocenters. The van der Waals surface area contributed by atoms with Crippen LogP contribution in [0.1, 0.15) is 18.4 Å². The van der Waals surface area contributed by atoms with Crippen LogP contribution < -0.4 is 5.73 Å². The Labute approximate surface area is 106 Å². The molecule has 0 spiro atoms. The Bertz CT molecular complexity index is 370. The maximum atomic E-state index is 6.03. The number of halogens is 2. The molecule has 2 N–H and O–H groups in total. The lowest BCUT2D eigenvalue weighted by Gasteiger charge is -2.30. The number of aromatic nitrogens is 1. The lowest BCUT2D eigenvalue weighted by atomic mass is 10.1. The molecule has 88 valence electrons. The van der Waals surface area contributed by atoms with E-state index in [0.717, 1.165) is 38.0 Å². The highest BCUT2D eigenvalue weighted by molar-refractivity contribution is 6.32. The first-order valence-corrected chi connectivity index (χ1v) is 6.19. The van der Waals surface area contributed by atoms with E-state index in [1.807, 2.05) is 6.07 Å². The molecule has 0 aromatic carbocycles. The molecule has 1 aliphatic rings. The van der Waals surface area contributed by atoms with Crippen molar-refractivity contribution >= 4 is 23.2 Å². The van der Waals surface area contributed by atoms with Gasteiger partial charge >= 0.3 is 0 Å². The van der Waals surface area contributed by atoms with E-state index < -0.39 is 0 Å². The van der Waals surface area contributed by atoms with Gasteiger partial charge in [-0.25, -0.2) is 4.98 Å². The molecule has 1 aromatic heterocycles. The molecule has 0 aliphatic carbocycles. The standard InChI is InChI=1S/C11H15Cl2N3/c12-10-4-3-8(11(13)15-10)6-16-5-1-2-9(14)7-16/h3-4,9H,1-2,5-7,14H2/t9-/m1/s1. The summed E-state index contributed by atoms with van der Waals surface area (Å²) in [6.07, 6.45) is 2.27. The fourth-order valence-electron chi connectivity index (χ4n) is 2.03. The van der Waals surface area contributed by atoms with Crippen molar-refractivity contribution in [1.29, 1.82) is 0 Å². The molecular formula is C11H15Cl2N3. The van der Waals surface area contributed by atoms with E-state index in [9.17, 15) is 0 Å². The van der Waals surface area contributed by atoms with Gasteiger partial charge in [-0.15, -0.1) is 0 Å². The fraction of sp³-hybridized carbons (Fsp3) is 0.545. The van der Waals surface area contributed by atoms with Gasteiger partial charge in [0.25, 0.3) is 0 Å². The summed E-state index contributed by atoms with van der Waals surface area (Å²) in [4.78, 5) is 6.34. The van der Waals surface area contributed by atoms with Crippen molar-refractivity contribution in [2.24, 2.45) is 5.73 Å². The number of nitrogens with two attached hydrogens (primary N) is 1. The molecule has 0 amide bonds. The van der Waals surface area contributed by atoms with Crippen LogP contribution in [0.5, 0.6) is 0 Å². The largest absolute Gasteiger partial charge is 0.327 e. The number of nitrogens with zero attached hydrogens (tertiary/aromatic N) is 2. The lowest BCUT2D eigenvalue weighted by Crippen LogP contribution is -2.42. The SMILES string of the molecule is N[C@@H]1CCCN(Cc2ccc(Cl)nc2Cl)C1. The van der Waals surface area contributed by atoms with Crippen LogP contribution in [0.4, 0.5) is 0 Å². The van der Waals surface area contributed by atoms with Crippen LogP contribution in [-0.4, -0.2) is 29.0 Å². The number of hydrogen-bond donors (Lipinski definition) is 1. The third kappa shape index (κ3) is 3.08. The van der Waals surface area contributed by atoms with Crippen LogP contribution in [0.25, 0.3) is 0 Å². The second-order valence-electron chi connectivity index (χ2n) is 4.22. The summed E-state index contributed by atoms with van der Waals surface area (Å²) in [5.74, 6) is 0. The first-order chi connectivity index (χ1) is 7.65. The molecule has 3 nitrogen and oxygen atoms in total. The number of pyridine rings is 1. The van der Waals surface area contributed by atoms with Crippen molar-refractivity contribution in [2.75, 3.05) is 13.1 Å². The zero-order valence-corrected chi connectivity index (χ0v) is 10.5. The molecular weight excluding hydrogens is 245 g/mol. The van der Waals surface area contributed by atoms with Gasteiger partial charge in [0.15, 0.2) is 0 Å². The van der Waals surface area contributed by atoms with Gasteiger partial charge in [0.2, 0.25) is 0 Å². The molecule has 1 atom stereocenters. The second kappa shape index (κ2) is 5.32. The molecule has 0 radical (unpaired) electrons. The Balaban J connectivity index is 2.02. The zero-order chi connectivity index (χ0) is 11.5. The van der Waals surface area contributed by atoms with Gasteiger partial charge in [-0.1, -0.05) is 29.3 Å². The summed E-state index contributed by atoms with van der Waals surface area (Å²) in [5.41, 5.74) is 6.94. The first-order valence-electron chi connectivity index (χ1n) is 5.44. The highest BCUT2D eigenvalue weighted by Gasteiger charge is 2.17. The van der Waals surface area contributed by atoms with Crippen LogP contribution in [-0.2, 0) is 6.54 Å². The zero-order valence-electron chi connectivity index (χ0n) is 9.00. The molecule has 1 aromatic rings. The maximum absolute atomic E-state index is 6.03. The van der Waals surface area contributed by atoms with Crippen LogP contribution in [0.2, 0.25) is 10.3 Å². The minimum atomic E-state index is 0.285. The van der Waals surface area contributed by atoms with Crippen molar-refractivity contribution in [3.05, 3.63) is 28.0 Å². The molecule has 16 heavy (non-hydrogen) atoms. The van der Waals surface area contributed by atoms with E-state index in [-0.39, 0.29) is 6.04 Å². The third-order valence-electron chi connectivity index (χ3n) is 2.83. The van der Waals surface area contributed by atoms with Crippen LogP contribution in [0, 0.1) is 0 Å². The van der Waals surface area contributed by atoms with Crippen LogP contribution >= 0.6 is 23.2 Å². The van der Waals surface area contributed by atoms with Gasteiger partial charge in [-0.05, 0) is 25.5 Å². The van der Waals surface area contributed by atoms with Crippen LogP contribution in [0.3, 0.4) is 0 Å². The predicted molar refractivity (Wildman–Crippen MR) is 66.7 cm³/mol. The Kier molecular flexibility index (Phi) is 4.03. The number of piperidine rings is 1. The summed E-state index contributed by atoms with van der Waals surface area (Å²) in [6.45, 7) is 2.81. The summed E-state index contributed by atoms with van der Waals surface area (Å²) >= 11 is 11.8. The van der Waals surface area contributed by atoms with Crippen molar-refractivity contribution in [1.82, 2.24) is 9.88 Å². The van der Waals surface area contributed by atoms with E-state index in [2.05, 4.69) is 9.88 Å². The second-order valence-corrected chi connectivity index (χ2v) is 4.97. The highest BCUT2D eigenvalue weighted by atomic mass is 35.5. The Morgan fingerprint density at radius 3 is 2.94 bits per heavy atom. The van der Waals surface area contributed by atoms with Gasteiger partial charge in [0.1, 0.15) is 10.3 Å². The molecule has 1 fully saturated rings. The summed E-state index contributed by atoms with van der Waals surface area (Å²) in [7, 11) is 0. The van der Waals surface area contributed by atoms with E-state index in [4.69, 9.17) is 28.9 Å². The van der Waals surface area contributed by atoms with Crippen molar-refractivity contribution in [2.45, 2.75) is 25.4 Å². The quantitative estimate of drug-likeness (QED) is 0.830. The van der Waals surface area contributed by atoms with Gasteiger partial charge in [0, 0.05) is 24.7 Å². The van der Waals surface area contributed by atoms with E-state index in [1.54, 1.807) is 6.07 Å². The number of hydrogen-bond acceptors (Lipinski definition) is 3. The average molecular weight is 260 g/mol. The molecule has 0 bridgehead atoms. The molecule has 1 aliphatic heterocycles. The van der Waals surface area contributed by atoms with Crippen molar-refractivity contribution < 1.29 is 0 Å². The van der Waals surface area contributed by atoms with Gasteiger partial charge in [-0.3, -0.25) is 4.90 Å². The Morgan fingerprint density at radius 2 is 2.25 bits per heavy atom. The smallest absolute Gasteiger partial charge is 0.135 e.